The van der Waals surface area contributed by atoms with Crippen molar-refractivity contribution >= 4 is 27.1 Å². The summed E-state index contributed by atoms with van der Waals surface area (Å²) in [6, 6.07) is 9.99. The number of hydrogen-bond acceptors (Lipinski definition) is 3. The fraction of sp³-hybridized carbons (Fsp3) is 0.200. The van der Waals surface area contributed by atoms with Gasteiger partial charge in [0.25, 0.3) is 0 Å². The smallest absolute Gasteiger partial charge is 0.182 e. The van der Waals surface area contributed by atoms with Crippen LogP contribution < -0.4 is 5.73 Å². The molecule has 0 saturated carbocycles. The average Bonchev–Trinajstić information content (AvgIpc) is 2.36. The number of sulfone groups is 1. The van der Waals surface area contributed by atoms with Gasteiger partial charge in [-0.1, -0.05) is 23.7 Å². The van der Waals surface area contributed by atoms with E-state index >= 15 is 0 Å². The van der Waals surface area contributed by atoms with Crippen molar-refractivity contribution in [2.75, 3.05) is 5.73 Å². The molecule has 0 spiro atoms. The van der Waals surface area contributed by atoms with E-state index < -0.39 is 9.84 Å². The van der Waals surface area contributed by atoms with Crippen molar-refractivity contribution in [2.45, 2.75) is 24.5 Å². The molecule has 2 aromatic rings. The Balaban J connectivity index is 2.38. The highest BCUT2D eigenvalue weighted by molar-refractivity contribution is 7.90. The Labute approximate surface area is 124 Å². The number of rotatable bonds is 3. The molecule has 0 aliphatic rings. The Bertz CT molecular complexity index is 754. The minimum atomic E-state index is -3.41. The lowest BCUT2D eigenvalue weighted by molar-refractivity contribution is 0.595. The first kappa shape index (κ1) is 14.9. The van der Waals surface area contributed by atoms with Crippen LogP contribution in [-0.2, 0) is 15.6 Å². The van der Waals surface area contributed by atoms with Crippen LogP contribution in [0.15, 0.2) is 41.3 Å². The minimum Gasteiger partial charge on any atom is -0.398 e. The van der Waals surface area contributed by atoms with Crippen molar-refractivity contribution < 1.29 is 8.42 Å². The van der Waals surface area contributed by atoms with Gasteiger partial charge < -0.3 is 5.73 Å². The molecule has 20 heavy (non-hydrogen) atoms. The highest BCUT2D eigenvalue weighted by atomic mass is 35.5. The molecule has 0 bridgehead atoms. The summed E-state index contributed by atoms with van der Waals surface area (Å²) < 4.78 is 24.8. The zero-order chi connectivity index (χ0) is 14.9. The van der Waals surface area contributed by atoms with E-state index in [-0.39, 0.29) is 5.75 Å². The van der Waals surface area contributed by atoms with Gasteiger partial charge in [0, 0.05) is 10.7 Å². The van der Waals surface area contributed by atoms with Crippen LogP contribution in [0.3, 0.4) is 0 Å². The number of aryl methyl sites for hydroxylation is 2. The maximum absolute atomic E-state index is 12.4. The first-order valence-corrected chi connectivity index (χ1v) is 8.16. The van der Waals surface area contributed by atoms with E-state index in [9.17, 15) is 8.42 Å². The molecule has 0 aliphatic carbocycles. The van der Waals surface area contributed by atoms with Crippen LogP contribution in [0.25, 0.3) is 0 Å². The Hall–Kier alpha value is -1.52. The fourth-order valence-electron chi connectivity index (χ4n) is 1.89. The Morgan fingerprint density at radius 1 is 1.05 bits per heavy atom. The van der Waals surface area contributed by atoms with Gasteiger partial charge in [-0.3, -0.25) is 0 Å². The van der Waals surface area contributed by atoms with Crippen LogP contribution in [0.5, 0.6) is 0 Å². The molecule has 3 nitrogen and oxygen atoms in total. The molecule has 0 unspecified atom stereocenters. The van der Waals surface area contributed by atoms with Crippen LogP contribution >= 0.6 is 11.6 Å². The standard InChI is InChI=1S/C15H16ClNO2S/c1-10-3-6-14(7-11(10)2)20(18,19)9-12-4-5-13(16)8-15(12)17/h3-8H,9,17H2,1-2H3. The summed E-state index contributed by atoms with van der Waals surface area (Å²) in [6.07, 6.45) is 0. The van der Waals surface area contributed by atoms with Crippen LogP contribution in [0.4, 0.5) is 5.69 Å². The molecule has 5 heteroatoms. The van der Waals surface area contributed by atoms with Gasteiger partial charge in [0.05, 0.1) is 10.6 Å². The van der Waals surface area contributed by atoms with Crippen molar-refractivity contribution in [1.82, 2.24) is 0 Å². The first-order valence-electron chi connectivity index (χ1n) is 6.13. The molecule has 2 rings (SSSR count). The van der Waals surface area contributed by atoms with Crippen LogP contribution in [0, 0.1) is 13.8 Å². The van der Waals surface area contributed by atoms with Gasteiger partial charge in [0.2, 0.25) is 0 Å². The number of halogens is 1. The monoisotopic (exact) mass is 309 g/mol. The lowest BCUT2D eigenvalue weighted by atomic mass is 10.1. The van der Waals surface area contributed by atoms with Crippen molar-refractivity contribution in [2.24, 2.45) is 0 Å². The topological polar surface area (TPSA) is 60.2 Å². The molecule has 0 aromatic heterocycles. The molecule has 106 valence electrons. The number of nitrogens with two attached hydrogens (primary N) is 1. The second-order valence-electron chi connectivity index (χ2n) is 4.85. The highest BCUT2D eigenvalue weighted by Gasteiger charge is 2.17. The first-order chi connectivity index (χ1) is 9.29. The van der Waals surface area contributed by atoms with Crippen LogP contribution in [0.1, 0.15) is 16.7 Å². The van der Waals surface area contributed by atoms with E-state index in [1.54, 1.807) is 30.3 Å². The fourth-order valence-corrected chi connectivity index (χ4v) is 3.54. The van der Waals surface area contributed by atoms with E-state index in [4.69, 9.17) is 17.3 Å². The predicted molar refractivity (Wildman–Crippen MR) is 82.7 cm³/mol. The van der Waals surface area contributed by atoms with Gasteiger partial charge in [0.1, 0.15) is 0 Å². The van der Waals surface area contributed by atoms with Crippen LogP contribution in [-0.4, -0.2) is 8.42 Å². The second-order valence-corrected chi connectivity index (χ2v) is 7.27. The molecule has 0 fully saturated rings. The number of anilines is 1. The zero-order valence-corrected chi connectivity index (χ0v) is 12.9. The van der Waals surface area contributed by atoms with Gasteiger partial charge in [0.15, 0.2) is 9.84 Å². The quantitative estimate of drug-likeness (QED) is 0.883. The van der Waals surface area contributed by atoms with Crippen molar-refractivity contribution in [1.29, 1.82) is 0 Å². The summed E-state index contributed by atoms with van der Waals surface area (Å²) in [5, 5.41) is 0.495. The second kappa shape index (κ2) is 5.46. The Morgan fingerprint density at radius 2 is 1.75 bits per heavy atom. The van der Waals surface area contributed by atoms with Crippen molar-refractivity contribution in [3.63, 3.8) is 0 Å². The number of hydrogen-bond donors (Lipinski definition) is 1. The zero-order valence-electron chi connectivity index (χ0n) is 11.4. The number of benzene rings is 2. The average molecular weight is 310 g/mol. The number of nitrogen functional groups attached to an aromatic ring is 1. The SMILES string of the molecule is Cc1ccc(S(=O)(=O)Cc2ccc(Cl)cc2N)cc1C. The largest absolute Gasteiger partial charge is 0.398 e. The summed E-state index contributed by atoms with van der Waals surface area (Å²) in [5.41, 5.74) is 8.79. The van der Waals surface area contributed by atoms with E-state index in [2.05, 4.69) is 0 Å². The molecule has 0 saturated heterocycles. The third kappa shape index (κ3) is 3.14. The molecular formula is C15H16ClNO2S. The molecule has 0 amide bonds. The van der Waals surface area contributed by atoms with E-state index in [1.807, 2.05) is 19.9 Å². The Kier molecular flexibility index (Phi) is 4.06. The lowest BCUT2D eigenvalue weighted by Crippen LogP contribution is -2.07. The van der Waals surface area contributed by atoms with Gasteiger partial charge in [-0.05, 0) is 54.8 Å². The molecular weight excluding hydrogens is 294 g/mol. The minimum absolute atomic E-state index is 0.126. The molecule has 0 atom stereocenters. The normalized spacial score (nSPS) is 11.6. The maximum Gasteiger partial charge on any atom is 0.182 e. The highest BCUT2D eigenvalue weighted by Crippen LogP contribution is 2.24. The predicted octanol–water partition coefficient (Wildman–Crippen LogP) is 3.51. The maximum atomic E-state index is 12.4. The summed E-state index contributed by atoms with van der Waals surface area (Å²) in [6.45, 7) is 3.84. The third-order valence-corrected chi connectivity index (χ3v) is 5.19. The van der Waals surface area contributed by atoms with Gasteiger partial charge in [-0.2, -0.15) is 0 Å². The van der Waals surface area contributed by atoms with Gasteiger partial charge in [-0.25, -0.2) is 8.42 Å². The summed E-state index contributed by atoms with van der Waals surface area (Å²) in [7, 11) is -3.41. The Morgan fingerprint density at radius 3 is 2.35 bits per heavy atom. The van der Waals surface area contributed by atoms with E-state index in [0.717, 1.165) is 11.1 Å². The van der Waals surface area contributed by atoms with Crippen molar-refractivity contribution in [3.05, 3.63) is 58.1 Å². The van der Waals surface area contributed by atoms with Gasteiger partial charge in [-0.15, -0.1) is 0 Å². The van der Waals surface area contributed by atoms with Crippen LogP contribution in [0.2, 0.25) is 5.02 Å². The summed E-state index contributed by atoms with van der Waals surface area (Å²) in [5.74, 6) is -0.126. The lowest BCUT2D eigenvalue weighted by Gasteiger charge is -2.09. The van der Waals surface area contributed by atoms with Gasteiger partial charge >= 0.3 is 0 Å². The van der Waals surface area contributed by atoms with Crippen molar-refractivity contribution in [3.8, 4) is 0 Å². The van der Waals surface area contributed by atoms with E-state index in [0.29, 0.717) is 21.2 Å². The van der Waals surface area contributed by atoms with E-state index in [1.165, 1.54) is 0 Å². The summed E-state index contributed by atoms with van der Waals surface area (Å²) in [4.78, 5) is 0.315. The molecule has 0 heterocycles. The third-order valence-electron chi connectivity index (χ3n) is 3.29. The molecule has 2 N–H and O–H groups in total. The molecule has 2 aromatic carbocycles. The molecule has 0 radical (unpaired) electrons. The molecule has 0 aliphatic heterocycles. The summed E-state index contributed by atoms with van der Waals surface area (Å²) >= 11 is 5.81.